The van der Waals surface area contributed by atoms with Crippen LogP contribution < -0.4 is 0 Å². The molecule has 1 aromatic heterocycles. The number of hydrogen-bond acceptors (Lipinski definition) is 4. The number of furan rings is 1. The van der Waals surface area contributed by atoms with Crippen LogP contribution in [0.2, 0.25) is 0 Å². The van der Waals surface area contributed by atoms with Gasteiger partial charge in [-0.25, -0.2) is 13.8 Å². The van der Waals surface area contributed by atoms with E-state index in [9.17, 15) is 13.6 Å². The Morgan fingerprint density at radius 2 is 2.09 bits per heavy atom. The van der Waals surface area contributed by atoms with Crippen molar-refractivity contribution in [1.29, 1.82) is 0 Å². The topological polar surface area (TPSA) is 45.8 Å². The van der Waals surface area contributed by atoms with Gasteiger partial charge in [-0.3, -0.25) is 9.69 Å². The number of likely N-dealkylation sites (N-methyl/N-ethyl adjacent to an activating group) is 1. The summed E-state index contributed by atoms with van der Waals surface area (Å²) in [6, 6.07) is 6.50. The van der Waals surface area contributed by atoms with Crippen LogP contribution in [0.1, 0.15) is 5.76 Å². The number of thioether (sulfide) groups is 1. The van der Waals surface area contributed by atoms with Crippen molar-refractivity contribution in [3.63, 3.8) is 0 Å². The summed E-state index contributed by atoms with van der Waals surface area (Å²) >= 11 is 4.27. The van der Waals surface area contributed by atoms with Crippen LogP contribution in [0.5, 0.6) is 0 Å². The SMILES string of the molecule is CN1C(=O)/C(=C\c2ccc(Br)o2)SC1=Nc1ccc(F)cc1F. The number of nitrogens with zero attached hydrogens (tertiary/aromatic N) is 2. The summed E-state index contributed by atoms with van der Waals surface area (Å²) in [5, 5.41) is 0.303. The summed E-state index contributed by atoms with van der Waals surface area (Å²) < 4.78 is 32.5. The molecule has 0 bridgehead atoms. The minimum Gasteiger partial charge on any atom is -0.450 e. The molecule has 118 valence electrons. The summed E-state index contributed by atoms with van der Waals surface area (Å²) in [7, 11) is 1.54. The minimum atomic E-state index is -0.786. The van der Waals surface area contributed by atoms with Gasteiger partial charge in [-0.05, 0) is 52.0 Å². The molecule has 0 saturated carbocycles. The third kappa shape index (κ3) is 3.37. The van der Waals surface area contributed by atoms with E-state index >= 15 is 0 Å². The average molecular weight is 399 g/mol. The summed E-state index contributed by atoms with van der Waals surface area (Å²) in [5.41, 5.74) is -0.0319. The van der Waals surface area contributed by atoms with Gasteiger partial charge < -0.3 is 4.42 Å². The van der Waals surface area contributed by atoms with Crippen molar-refractivity contribution in [2.24, 2.45) is 4.99 Å². The number of carbonyl (C=O) groups is 1. The van der Waals surface area contributed by atoms with Crippen LogP contribution in [0.3, 0.4) is 0 Å². The molecule has 1 fully saturated rings. The first kappa shape index (κ1) is 15.9. The molecule has 1 amide bonds. The molecule has 1 aliphatic rings. The molecule has 0 N–H and O–H groups in total. The summed E-state index contributed by atoms with van der Waals surface area (Å²) in [5.74, 6) is -1.23. The molecule has 2 heterocycles. The number of rotatable bonds is 2. The van der Waals surface area contributed by atoms with Crippen LogP contribution in [-0.4, -0.2) is 23.0 Å². The number of halogens is 3. The lowest BCUT2D eigenvalue weighted by Gasteiger charge is -2.07. The smallest absolute Gasteiger partial charge is 0.266 e. The van der Waals surface area contributed by atoms with Crippen molar-refractivity contribution in [3.8, 4) is 0 Å². The molecule has 0 unspecified atom stereocenters. The van der Waals surface area contributed by atoms with E-state index in [0.717, 1.165) is 23.9 Å². The predicted molar refractivity (Wildman–Crippen MR) is 88.2 cm³/mol. The molecule has 1 aliphatic heterocycles. The highest BCUT2D eigenvalue weighted by Gasteiger charge is 2.31. The number of amides is 1. The molecule has 0 radical (unpaired) electrons. The fraction of sp³-hybridized carbons (Fsp3) is 0.0667. The quantitative estimate of drug-likeness (QED) is 0.696. The lowest BCUT2D eigenvalue weighted by atomic mass is 10.3. The summed E-state index contributed by atoms with van der Waals surface area (Å²) in [6.45, 7) is 0. The van der Waals surface area contributed by atoms with Crippen molar-refractivity contribution in [1.82, 2.24) is 4.90 Å². The monoisotopic (exact) mass is 398 g/mol. The molecule has 4 nitrogen and oxygen atoms in total. The second-order valence-corrected chi connectivity index (χ2v) is 6.40. The molecule has 1 aromatic carbocycles. The Balaban J connectivity index is 1.91. The van der Waals surface area contributed by atoms with Gasteiger partial charge in [-0.2, -0.15) is 0 Å². The Morgan fingerprint density at radius 3 is 2.74 bits per heavy atom. The lowest BCUT2D eigenvalue weighted by molar-refractivity contribution is -0.121. The number of hydrogen-bond donors (Lipinski definition) is 0. The lowest BCUT2D eigenvalue weighted by Crippen LogP contribution is -2.23. The zero-order valence-corrected chi connectivity index (χ0v) is 14.1. The van der Waals surface area contributed by atoms with E-state index in [1.54, 1.807) is 18.2 Å². The van der Waals surface area contributed by atoms with E-state index in [-0.39, 0.29) is 11.6 Å². The second kappa shape index (κ2) is 6.29. The fourth-order valence-corrected chi connectivity index (χ4v) is 3.14. The minimum absolute atomic E-state index is 0.0319. The van der Waals surface area contributed by atoms with Crippen molar-refractivity contribution in [2.75, 3.05) is 7.05 Å². The average Bonchev–Trinajstić information content (AvgIpc) is 3.01. The maximum atomic E-state index is 13.7. The molecule has 8 heteroatoms. The normalized spacial score (nSPS) is 18.4. The summed E-state index contributed by atoms with van der Waals surface area (Å²) in [6.07, 6.45) is 1.58. The number of carbonyl (C=O) groups excluding carboxylic acids is 1. The number of aliphatic imine (C=N–C) groups is 1. The van der Waals surface area contributed by atoms with Gasteiger partial charge >= 0.3 is 0 Å². The van der Waals surface area contributed by atoms with E-state index in [4.69, 9.17) is 4.42 Å². The maximum Gasteiger partial charge on any atom is 0.266 e. The van der Waals surface area contributed by atoms with Crippen LogP contribution in [0.25, 0.3) is 6.08 Å². The van der Waals surface area contributed by atoms with E-state index in [2.05, 4.69) is 20.9 Å². The van der Waals surface area contributed by atoms with Gasteiger partial charge in [0, 0.05) is 19.2 Å². The zero-order valence-electron chi connectivity index (χ0n) is 11.7. The van der Waals surface area contributed by atoms with E-state index in [0.29, 0.717) is 20.5 Å². The molecule has 1 saturated heterocycles. The van der Waals surface area contributed by atoms with Crippen molar-refractivity contribution < 1.29 is 18.0 Å². The highest BCUT2D eigenvalue weighted by atomic mass is 79.9. The highest BCUT2D eigenvalue weighted by Crippen LogP contribution is 2.34. The zero-order chi connectivity index (χ0) is 16.6. The fourth-order valence-electron chi connectivity index (χ4n) is 1.86. The molecule has 2 aromatic rings. The Labute approximate surface area is 143 Å². The molecule has 23 heavy (non-hydrogen) atoms. The highest BCUT2D eigenvalue weighted by molar-refractivity contribution is 9.10. The molecule has 0 aliphatic carbocycles. The van der Waals surface area contributed by atoms with Crippen LogP contribution in [0, 0.1) is 11.6 Å². The molecule has 0 atom stereocenters. The number of amidine groups is 1. The molecule has 3 rings (SSSR count). The van der Waals surface area contributed by atoms with Gasteiger partial charge in [-0.1, -0.05) is 0 Å². The third-order valence-electron chi connectivity index (χ3n) is 3.00. The van der Waals surface area contributed by atoms with Gasteiger partial charge in [0.25, 0.3) is 5.91 Å². The van der Waals surface area contributed by atoms with Crippen LogP contribution in [0.15, 0.2) is 49.3 Å². The first-order valence-corrected chi connectivity index (χ1v) is 8.01. The standard InChI is InChI=1S/C15H9BrF2N2O2S/c1-20-14(21)12(7-9-3-5-13(16)22-9)23-15(20)19-11-4-2-8(17)6-10(11)18/h2-7H,1H3/b12-7+,19-15?. The van der Waals surface area contributed by atoms with Crippen LogP contribution in [-0.2, 0) is 4.79 Å². The van der Waals surface area contributed by atoms with Crippen LogP contribution in [0.4, 0.5) is 14.5 Å². The Bertz CT molecular complexity index is 848. The predicted octanol–water partition coefficient (Wildman–Crippen LogP) is 4.55. The van der Waals surface area contributed by atoms with E-state index in [1.165, 1.54) is 18.0 Å². The molecular weight excluding hydrogens is 390 g/mol. The van der Waals surface area contributed by atoms with E-state index < -0.39 is 11.6 Å². The Hall–Kier alpha value is -1.93. The third-order valence-corrected chi connectivity index (χ3v) is 4.48. The van der Waals surface area contributed by atoms with Crippen molar-refractivity contribution in [3.05, 3.63) is 57.3 Å². The van der Waals surface area contributed by atoms with Gasteiger partial charge in [-0.15, -0.1) is 0 Å². The van der Waals surface area contributed by atoms with Gasteiger partial charge in [0.1, 0.15) is 17.3 Å². The van der Waals surface area contributed by atoms with E-state index in [1.807, 2.05) is 0 Å². The largest absolute Gasteiger partial charge is 0.450 e. The second-order valence-electron chi connectivity index (χ2n) is 4.61. The van der Waals surface area contributed by atoms with Crippen molar-refractivity contribution in [2.45, 2.75) is 0 Å². The first-order chi connectivity index (χ1) is 10.9. The number of benzene rings is 1. The Kier molecular flexibility index (Phi) is 4.36. The van der Waals surface area contributed by atoms with Crippen molar-refractivity contribution >= 4 is 50.5 Å². The van der Waals surface area contributed by atoms with Gasteiger partial charge in [0.2, 0.25) is 0 Å². The van der Waals surface area contributed by atoms with Crippen LogP contribution >= 0.6 is 27.7 Å². The Morgan fingerprint density at radius 1 is 1.30 bits per heavy atom. The maximum absolute atomic E-state index is 13.7. The first-order valence-electron chi connectivity index (χ1n) is 6.41. The molecular formula is C15H9BrF2N2O2S. The molecule has 0 spiro atoms. The summed E-state index contributed by atoms with van der Waals surface area (Å²) in [4.78, 5) is 18.0. The van der Waals surface area contributed by atoms with Gasteiger partial charge in [0.05, 0.1) is 4.91 Å². The van der Waals surface area contributed by atoms with Gasteiger partial charge in [0.15, 0.2) is 15.7 Å².